The minimum Gasteiger partial charge on any atom is -0.291 e. The van der Waals surface area contributed by atoms with Gasteiger partial charge < -0.3 is 0 Å². The van der Waals surface area contributed by atoms with E-state index in [0.717, 1.165) is 12.8 Å². The molecule has 0 saturated heterocycles. The van der Waals surface area contributed by atoms with Crippen LogP contribution in [-0.2, 0) is 10.2 Å². The third kappa shape index (κ3) is 2.15. The first-order chi connectivity index (χ1) is 8.51. The molecule has 1 aromatic carbocycles. The van der Waals surface area contributed by atoms with Crippen molar-refractivity contribution in [2.75, 3.05) is 7.05 Å². The topological polar surface area (TPSA) is 41.1 Å². The molecule has 0 atom stereocenters. The van der Waals surface area contributed by atoms with E-state index in [9.17, 15) is 4.79 Å². The monoisotopic (exact) mass is 246 g/mol. The van der Waals surface area contributed by atoms with Gasteiger partial charge in [-0.2, -0.15) is 0 Å². The van der Waals surface area contributed by atoms with Crippen LogP contribution in [0.1, 0.15) is 49.3 Å². The van der Waals surface area contributed by atoms with Gasteiger partial charge in [-0.05, 0) is 42.4 Å². The largest absolute Gasteiger partial charge is 0.291 e. The van der Waals surface area contributed by atoms with Gasteiger partial charge in [0.25, 0.3) is 0 Å². The molecule has 1 fully saturated rings. The molecule has 1 aliphatic rings. The molecule has 2 rings (SSSR count). The minimum absolute atomic E-state index is 0.0917. The average molecular weight is 246 g/mol. The van der Waals surface area contributed by atoms with Crippen LogP contribution >= 0.6 is 0 Å². The van der Waals surface area contributed by atoms with E-state index in [1.165, 1.54) is 16.7 Å². The van der Waals surface area contributed by atoms with Crippen molar-refractivity contribution in [2.24, 2.45) is 0 Å². The van der Waals surface area contributed by atoms with E-state index in [1.54, 1.807) is 7.05 Å². The van der Waals surface area contributed by atoms with E-state index in [4.69, 9.17) is 0 Å². The molecule has 0 radical (unpaired) electrons. The molecule has 1 aliphatic carbocycles. The third-order valence-electron chi connectivity index (χ3n) is 3.87. The summed E-state index contributed by atoms with van der Waals surface area (Å²) in [5, 5.41) is 0. The lowest BCUT2D eigenvalue weighted by Gasteiger charge is -2.19. The fourth-order valence-electron chi connectivity index (χ4n) is 2.49. The number of hydrazine groups is 1. The lowest BCUT2D eigenvalue weighted by Crippen LogP contribution is -2.42. The number of rotatable bonds is 4. The van der Waals surface area contributed by atoms with Crippen molar-refractivity contribution in [3.8, 4) is 0 Å². The second-order valence-electron chi connectivity index (χ2n) is 5.52. The molecule has 0 spiro atoms. The van der Waals surface area contributed by atoms with Gasteiger partial charge in [0.15, 0.2) is 0 Å². The van der Waals surface area contributed by atoms with Gasteiger partial charge in [0, 0.05) is 7.05 Å². The summed E-state index contributed by atoms with van der Waals surface area (Å²) < 4.78 is 0. The Balaban J connectivity index is 2.38. The average Bonchev–Trinajstić information content (AvgIpc) is 3.11. The number of nitrogens with one attached hydrogen (secondary N) is 2. The van der Waals surface area contributed by atoms with Gasteiger partial charge in [-0.15, -0.1) is 0 Å². The molecule has 1 amide bonds. The molecule has 0 unspecified atom stereocenters. The fourth-order valence-corrected chi connectivity index (χ4v) is 2.49. The van der Waals surface area contributed by atoms with Crippen LogP contribution in [0.25, 0.3) is 0 Å². The summed E-state index contributed by atoms with van der Waals surface area (Å²) in [6.07, 6.45) is 1.89. The minimum atomic E-state index is -0.294. The third-order valence-corrected chi connectivity index (χ3v) is 3.87. The highest BCUT2D eigenvalue weighted by Crippen LogP contribution is 2.49. The maximum Gasteiger partial charge on any atom is 0.244 e. The fraction of sp³-hybridized carbons (Fsp3) is 0.533. The molecule has 2 N–H and O–H groups in total. The smallest absolute Gasteiger partial charge is 0.244 e. The van der Waals surface area contributed by atoms with E-state index in [1.807, 2.05) is 0 Å². The molecule has 1 aromatic rings. The lowest BCUT2D eigenvalue weighted by atomic mass is 9.87. The first kappa shape index (κ1) is 13.1. The van der Waals surface area contributed by atoms with Crippen LogP contribution in [-0.4, -0.2) is 13.0 Å². The molecule has 0 aromatic heterocycles. The Bertz CT molecular complexity index is 462. The van der Waals surface area contributed by atoms with Crippen LogP contribution in [0.4, 0.5) is 0 Å². The summed E-state index contributed by atoms with van der Waals surface area (Å²) in [6, 6.07) is 6.51. The zero-order valence-corrected chi connectivity index (χ0v) is 11.6. The van der Waals surface area contributed by atoms with Crippen LogP contribution in [0.5, 0.6) is 0 Å². The summed E-state index contributed by atoms with van der Waals surface area (Å²) in [4.78, 5) is 12.2. The number of aryl methyl sites for hydroxylation is 1. The SMILES string of the molecule is CNNC(=O)C1(c2cc(C(C)C)ccc2C)CC1. The van der Waals surface area contributed by atoms with Crippen molar-refractivity contribution in [2.45, 2.75) is 44.9 Å². The first-order valence-electron chi connectivity index (χ1n) is 6.59. The molecule has 3 nitrogen and oxygen atoms in total. The lowest BCUT2D eigenvalue weighted by molar-refractivity contribution is -0.124. The maximum absolute atomic E-state index is 12.2. The van der Waals surface area contributed by atoms with E-state index in [0.29, 0.717) is 5.92 Å². The van der Waals surface area contributed by atoms with Crippen LogP contribution in [0.3, 0.4) is 0 Å². The Kier molecular flexibility index (Phi) is 3.44. The summed E-state index contributed by atoms with van der Waals surface area (Å²) in [6.45, 7) is 6.45. The van der Waals surface area contributed by atoms with Crippen molar-refractivity contribution in [1.29, 1.82) is 0 Å². The number of benzene rings is 1. The second kappa shape index (κ2) is 4.73. The zero-order chi connectivity index (χ0) is 13.3. The standard InChI is InChI=1S/C15H22N2O/c1-10(2)12-6-5-11(3)13(9-12)15(7-8-15)14(18)17-16-4/h5-6,9-10,16H,7-8H2,1-4H3,(H,17,18). The summed E-state index contributed by atoms with van der Waals surface area (Å²) in [5.74, 6) is 0.585. The summed E-state index contributed by atoms with van der Waals surface area (Å²) in [5.41, 5.74) is 8.89. The molecule has 0 heterocycles. The normalized spacial score (nSPS) is 16.7. The number of hydrogen-bond donors (Lipinski definition) is 2. The molecular formula is C15H22N2O. The highest BCUT2D eigenvalue weighted by molar-refractivity contribution is 5.91. The molecule has 3 heteroatoms. The van der Waals surface area contributed by atoms with Gasteiger partial charge in [0.2, 0.25) is 5.91 Å². The van der Waals surface area contributed by atoms with Gasteiger partial charge in [-0.1, -0.05) is 32.0 Å². The molecule has 0 bridgehead atoms. The molecule has 1 saturated carbocycles. The molecule has 0 aliphatic heterocycles. The first-order valence-corrected chi connectivity index (χ1v) is 6.59. The quantitative estimate of drug-likeness (QED) is 0.801. The molecule has 18 heavy (non-hydrogen) atoms. The zero-order valence-electron chi connectivity index (χ0n) is 11.6. The van der Waals surface area contributed by atoms with Crippen molar-refractivity contribution in [3.63, 3.8) is 0 Å². The Morgan fingerprint density at radius 1 is 1.33 bits per heavy atom. The second-order valence-corrected chi connectivity index (χ2v) is 5.52. The number of hydrogen-bond acceptors (Lipinski definition) is 2. The highest BCUT2D eigenvalue weighted by Gasteiger charge is 2.52. The van der Waals surface area contributed by atoms with Gasteiger partial charge in [-0.3, -0.25) is 10.2 Å². The van der Waals surface area contributed by atoms with Crippen LogP contribution in [0, 0.1) is 6.92 Å². The van der Waals surface area contributed by atoms with Crippen molar-refractivity contribution < 1.29 is 4.79 Å². The van der Waals surface area contributed by atoms with Gasteiger partial charge in [0.1, 0.15) is 0 Å². The highest BCUT2D eigenvalue weighted by atomic mass is 16.2. The van der Waals surface area contributed by atoms with Crippen molar-refractivity contribution in [1.82, 2.24) is 10.9 Å². The van der Waals surface area contributed by atoms with Gasteiger partial charge in [0.05, 0.1) is 5.41 Å². The Hall–Kier alpha value is -1.35. The molecular weight excluding hydrogens is 224 g/mol. The summed E-state index contributed by atoms with van der Waals surface area (Å²) in [7, 11) is 1.73. The maximum atomic E-state index is 12.2. The van der Waals surface area contributed by atoms with Crippen LogP contribution in [0.2, 0.25) is 0 Å². The Labute approximate surface area is 109 Å². The van der Waals surface area contributed by atoms with Gasteiger partial charge in [-0.25, -0.2) is 5.43 Å². The predicted octanol–water partition coefficient (Wildman–Crippen LogP) is 2.40. The van der Waals surface area contributed by atoms with E-state index in [2.05, 4.69) is 49.8 Å². The van der Waals surface area contributed by atoms with E-state index in [-0.39, 0.29) is 11.3 Å². The summed E-state index contributed by atoms with van der Waals surface area (Å²) >= 11 is 0. The number of carbonyl (C=O) groups is 1. The van der Waals surface area contributed by atoms with Gasteiger partial charge >= 0.3 is 0 Å². The van der Waals surface area contributed by atoms with Crippen LogP contribution in [0.15, 0.2) is 18.2 Å². The van der Waals surface area contributed by atoms with Crippen molar-refractivity contribution in [3.05, 3.63) is 34.9 Å². The van der Waals surface area contributed by atoms with Crippen LogP contribution < -0.4 is 10.9 Å². The van der Waals surface area contributed by atoms with E-state index < -0.39 is 0 Å². The molecule has 98 valence electrons. The Morgan fingerprint density at radius 3 is 2.50 bits per heavy atom. The number of carbonyl (C=O) groups excluding carboxylic acids is 1. The van der Waals surface area contributed by atoms with Crippen molar-refractivity contribution >= 4 is 5.91 Å². The Morgan fingerprint density at radius 2 is 2.00 bits per heavy atom. The van der Waals surface area contributed by atoms with E-state index >= 15 is 0 Å². The number of amides is 1. The predicted molar refractivity (Wildman–Crippen MR) is 73.4 cm³/mol.